The Kier molecular flexibility index (Phi) is 21.8. The van der Waals surface area contributed by atoms with Crippen LogP contribution in [0.25, 0.3) is 0 Å². The lowest BCUT2D eigenvalue weighted by molar-refractivity contribution is -0.143. The summed E-state index contributed by atoms with van der Waals surface area (Å²) in [7, 11) is 1.35. The third-order valence-corrected chi connectivity index (χ3v) is 14.6. The van der Waals surface area contributed by atoms with Gasteiger partial charge in [0, 0.05) is 65.7 Å². The Bertz CT molecular complexity index is 2490. The van der Waals surface area contributed by atoms with Crippen LogP contribution in [0.1, 0.15) is 146 Å². The Balaban J connectivity index is 1.46. The lowest BCUT2D eigenvalue weighted by Gasteiger charge is -2.20. The Hall–Kier alpha value is -6.10. The molecular weight excluding hydrogens is 897 g/mol. The summed E-state index contributed by atoms with van der Waals surface area (Å²) in [6.45, 7) is 32.5. The topological polar surface area (TPSA) is 143 Å². The van der Waals surface area contributed by atoms with E-state index in [2.05, 4.69) is 84.2 Å². The summed E-state index contributed by atoms with van der Waals surface area (Å²) in [4.78, 5) is 57.0. The van der Waals surface area contributed by atoms with Crippen LogP contribution in [0, 0.1) is 29.6 Å². The molecule has 3 N–H and O–H groups in total. The molecule has 72 heavy (non-hydrogen) atoms. The van der Waals surface area contributed by atoms with Crippen LogP contribution < -0.4 is 16.0 Å². The van der Waals surface area contributed by atoms with Gasteiger partial charge in [0.2, 0.25) is 0 Å². The van der Waals surface area contributed by atoms with Crippen LogP contribution in [-0.4, -0.2) is 61.8 Å². The van der Waals surface area contributed by atoms with Crippen molar-refractivity contribution in [3.63, 3.8) is 0 Å². The molecule has 0 aromatic heterocycles. The molecule has 5 aliphatic rings. The second kappa shape index (κ2) is 27.6. The average molecular weight is 981 g/mol. The number of nitrogens with one attached hydrogen (secondary N) is 3. The minimum absolute atomic E-state index is 0.137. The van der Waals surface area contributed by atoms with Gasteiger partial charge < -0.3 is 25.4 Å². The van der Waals surface area contributed by atoms with Crippen LogP contribution in [0.3, 0.4) is 0 Å². The number of esters is 2. The molecule has 4 unspecified atom stereocenters. The minimum atomic E-state index is -0.498. The first-order valence-corrected chi connectivity index (χ1v) is 26.6. The molecule has 11 heteroatoms. The van der Waals surface area contributed by atoms with E-state index < -0.39 is 5.97 Å². The molecule has 5 rings (SSSR count). The van der Waals surface area contributed by atoms with E-state index in [1.165, 1.54) is 57.6 Å². The van der Waals surface area contributed by atoms with Gasteiger partial charge in [-0.3, -0.25) is 14.4 Å². The number of ether oxygens (including phenoxy) is 2. The van der Waals surface area contributed by atoms with Crippen LogP contribution in [-0.2, 0) is 23.9 Å². The first-order chi connectivity index (χ1) is 34.5. The van der Waals surface area contributed by atoms with Crippen LogP contribution >= 0.6 is 0 Å². The van der Waals surface area contributed by atoms with Crippen molar-refractivity contribution in [1.82, 2.24) is 16.0 Å². The van der Waals surface area contributed by atoms with E-state index >= 15 is 0 Å². The van der Waals surface area contributed by atoms with Gasteiger partial charge >= 0.3 is 11.9 Å². The average Bonchev–Trinajstić information content (AvgIpc) is 4.04. The molecule has 0 aliphatic carbocycles. The summed E-state index contributed by atoms with van der Waals surface area (Å²) in [5.41, 5.74) is 11.8. The standard InChI is InChI=1S/C61H84N6O5/c1-14-30-62-37-49-46(17-4)54-35-52-44(12)58(61(70)63-31-15-2)60(67-52)48(33-57(69)71-13)59-47(43(11)51(66-59)34-50-42(10)45(16-3)53(64-50)36-55(49)65-54)27-28-56(68)72-32-29-41(9)26-20-25-40(8)24-19-23-39(7)22-18-21-38(5)6/h14-16,29,34-40,43,47,62,66H,1-3,17-28,30-33H2,4-13H3,(H,63,70)/b41-29+,49-37?,51-34?,52-35?,53-36?,59-48?. The molecule has 1 fully saturated rings. The van der Waals surface area contributed by atoms with Crippen LogP contribution in [0.2, 0.25) is 0 Å². The van der Waals surface area contributed by atoms with Crippen molar-refractivity contribution in [1.29, 1.82) is 0 Å². The monoisotopic (exact) mass is 981 g/mol. The second-order valence-electron chi connectivity index (χ2n) is 20.6. The lowest BCUT2D eigenvalue weighted by Crippen LogP contribution is -2.30. The SMILES string of the molecule is C=CCNC=C1C2=NC(=C1CC)C=C1N=C(C(CC(=O)OC)=C3NC(=CC4=NC(=C2)C(C=C)=C4C)C(C)C3CCC(=O)OC/C=C(\C)CCCC(C)CCCC(C)CCCC(C)C)C(C(=O)NCC=C)=C1C. The van der Waals surface area contributed by atoms with Gasteiger partial charge in [-0.25, -0.2) is 15.0 Å². The molecule has 5 aliphatic heterocycles. The summed E-state index contributed by atoms with van der Waals surface area (Å²) in [5, 5.41) is 10.0. The van der Waals surface area contributed by atoms with Crippen molar-refractivity contribution < 1.29 is 23.9 Å². The number of carbonyl (C=O) groups excluding carboxylic acids is 3. The van der Waals surface area contributed by atoms with E-state index in [1.807, 2.05) is 50.4 Å². The van der Waals surface area contributed by atoms with Gasteiger partial charge in [0.05, 0.1) is 53.3 Å². The maximum atomic E-state index is 14.3. The Morgan fingerprint density at radius 1 is 0.819 bits per heavy atom. The molecule has 4 atom stereocenters. The molecule has 11 nitrogen and oxygen atoms in total. The molecule has 1 amide bonds. The Labute approximate surface area is 431 Å². The second-order valence-corrected chi connectivity index (χ2v) is 20.6. The number of rotatable bonds is 27. The van der Waals surface area contributed by atoms with E-state index in [1.54, 1.807) is 12.2 Å². The molecule has 0 aromatic rings. The van der Waals surface area contributed by atoms with Gasteiger partial charge in [0.1, 0.15) is 6.61 Å². The quantitative estimate of drug-likeness (QED) is 0.0422. The number of amides is 1. The van der Waals surface area contributed by atoms with Crippen LogP contribution in [0.15, 0.2) is 157 Å². The zero-order chi connectivity index (χ0) is 52.5. The number of hydrogen-bond acceptors (Lipinski definition) is 10. The van der Waals surface area contributed by atoms with Crippen molar-refractivity contribution in [2.45, 2.75) is 146 Å². The number of allylic oxidation sites excluding steroid dienone is 11. The molecule has 0 spiro atoms. The molecule has 8 bridgehead atoms. The van der Waals surface area contributed by atoms with Crippen LogP contribution in [0.4, 0.5) is 0 Å². The first-order valence-electron chi connectivity index (χ1n) is 26.6. The zero-order valence-electron chi connectivity index (χ0n) is 45.3. The highest BCUT2D eigenvalue weighted by Gasteiger charge is 2.40. The summed E-state index contributed by atoms with van der Waals surface area (Å²) in [6.07, 6.45) is 27.4. The Morgan fingerprint density at radius 3 is 2.17 bits per heavy atom. The molecular formula is C61H84N6O5. The minimum Gasteiger partial charge on any atom is -0.469 e. The van der Waals surface area contributed by atoms with Crippen molar-refractivity contribution >= 4 is 35.0 Å². The fraction of sp³-hybridized carbons (Fsp3) is 0.508. The number of fused-ring (bicyclic) bond motifs is 5. The summed E-state index contributed by atoms with van der Waals surface area (Å²) >= 11 is 0. The van der Waals surface area contributed by atoms with E-state index in [-0.39, 0.29) is 49.7 Å². The maximum Gasteiger partial charge on any atom is 0.310 e. The number of methoxy groups -OCH3 is 1. The van der Waals surface area contributed by atoms with E-state index in [0.29, 0.717) is 64.8 Å². The lowest BCUT2D eigenvalue weighted by atomic mass is 9.84. The predicted molar refractivity (Wildman–Crippen MR) is 297 cm³/mol. The van der Waals surface area contributed by atoms with Gasteiger partial charge in [-0.05, 0) is 105 Å². The predicted octanol–water partition coefficient (Wildman–Crippen LogP) is 12.8. The van der Waals surface area contributed by atoms with Gasteiger partial charge in [-0.1, -0.05) is 117 Å². The summed E-state index contributed by atoms with van der Waals surface area (Å²) in [5.74, 6) is 0.674. The normalized spacial score (nSPS) is 20.2. The molecule has 388 valence electrons. The third kappa shape index (κ3) is 15.0. The molecule has 5 heterocycles. The van der Waals surface area contributed by atoms with Crippen molar-refractivity contribution in [3.05, 3.63) is 142 Å². The van der Waals surface area contributed by atoms with Crippen molar-refractivity contribution in [2.75, 3.05) is 26.8 Å². The van der Waals surface area contributed by atoms with Crippen molar-refractivity contribution in [2.24, 2.45) is 44.6 Å². The van der Waals surface area contributed by atoms with Gasteiger partial charge in [0.15, 0.2) is 0 Å². The number of carbonyl (C=O) groups is 3. The van der Waals surface area contributed by atoms with E-state index in [4.69, 9.17) is 24.5 Å². The highest BCUT2D eigenvalue weighted by molar-refractivity contribution is 6.31. The highest BCUT2D eigenvalue weighted by atomic mass is 16.5. The maximum absolute atomic E-state index is 14.3. The third-order valence-electron chi connectivity index (χ3n) is 14.6. The molecule has 0 aromatic carbocycles. The fourth-order valence-corrected chi connectivity index (χ4v) is 10.2. The van der Waals surface area contributed by atoms with E-state index in [0.717, 1.165) is 69.8 Å². The van der Waals surface area contributed by atoms with Crippen LogP contribution in [0.5, 0.6) is 0 Å². The number of hydrogen-bond donors (Lipinski definition) is 3. The number of aliphatic imine (C=N–C) groups is 3. The zero-order valence-corrected chi connectivity index (χ0v) is 45.3. The smallest absolute Gasteiger partial charge is 0.310 e. The van der Waals surface area contributed by atoms with Crippen molar-refractivity contribution in [3.8, 4) is 0 Å². The Morgan fingerprint density at radius 2 is 1.51 bits per heavy atom. The molecule has 0 radical (unpaired) electrons. The summed E-state index contributed by atoms with van der Waals surface area (Å²) in [6, 6.07) is 0. The molecule has 1 saturated heterocycles. The van der Waals surface area contributed by atoms with E-state index in [9.17, 15) is 14.4 Å². The number of nitrogens with zero attached hydrogens (tertiary/aromatic N) is 3. The molecule has 0 saturated carbocycles. The van der Waals surface area contributed by atoms with Gasteiger partial charge in [-0.2, -0.15) is 0 Å². The highest BCUT2D eigenvalue weighted by Crippen LogP contribution is 2.43. The fourth-order valence-electron chi connectivity index (χ4n) is 10.2. The first kappa shape index (κ1) is 56.8. The van der Waals surface area contributed by atoms with Gasteiger partial charge in [0.25, 0.3) is 5.91 Å². The van der Waals surface area contributed by atoms with Gasteiger partial charge in [-0.15, -0.1) is 13.2 Å². The largest absolute Gasteiger partial charge is 0.469 e. The summed E-state index contributed by atoms with van der Waals surface area (Å²) < 4.78 is 11.2.